The molecule has 186 valence electrons. The van der Waals surface area contributed by atoms with E-state index in [-0.39, 0.29) is 16.6 Å². The van der Waals surface area contributed by atoms with E-state index < -0.39 is 10.0 Å². The summed E-state index contributed by atoms with van der Waals surface area (Å²) in [5.41, 5.74) is 2.05. The van der Waals surface area contributed by atoms with Crippen LogP contribution in [0, 0.1) is 13.8 Å². The lowest BCUT2D eigenvalue weighted by Gasteiger charge is -2.26. The molecule has 0 spiro atoms. The minimum atomic E-state index is -3.59. The minimum absolute atomic E-state index is 0.0792. The number of piperidine rings is 1. The molecule has 0 radical (unpaired) electrons. The molecule has 35 heavy (non-hydrogen) atoms. The summed E-state index contributed by atoms with van der Waals surface area (Å²) in [6.07, 6.45) is 2.78. The van der Waals surface area contributed by atoms with E-state index in [1.54, 1.807) is 25.3 Å². The average molecular weight is 516 g/mol. The molecule has 1 aliphatic rings. The van der Waals surface area contributed by atoms with Gasteiger partial charge in [0.1, 0.15) is 11.6 Å². The Labute approximate surface area is 209 Å². The molecule has 1 saturated heterocycles. The largest absolute Gasteiger partial charge is 0.495 e. The predicted molar refractivity (Wildman–Crippen MR) is 136 cm³/mol. The number of aromatic nitrogens is 3. The third kappa shape index (κ3) is 5.52. The van der Waals surface area contributed by atoms with Crippen LogP contribution in [-0.2, 0) is 14.8 Å². The van der Waals surface area contributed by atoms with Crippen molar-refractivity contribution in [3.05, 3.63) is 53.9 Å². The van der Waals surface area contributed by atoms with Crippen LogP contribution in [0.2, 0.25) is 0 Å². The molecule has 1 amide bonds. The van der Waals surface area contributed by atoms with E-state index in [0.29, 0.717) is 35.5 Å². The molecule has 1 fully saturated rings. The first-order valence-corrected chi connectivity index (χ1v) is 13.8. The molecule has 4 rings (SSSR count). The van der Waals surface area contributed by atoms with Crippen molar-refractivity contribution < 1.29 is 17.9 Å². The van der Waals surface area contributed by atoms with Crippen LogP contribution in [0.5, 0.6) is 5.75 Å². The molecule has 9 nitrogen and oxygen atoms in total. The number of aryl methyl sites for hydroxylation is 2. The first kappa shape index (κ1) is 25.2. The van der Waals surface area contributed by atoms with E-state index in [2.05, 4.69) is 15.5 Å². The number of benzene rings is 2. The molecular formula is C24H29N5O4S2. The molecule has 11 heteroatoms. The Hall–Kier alpha value is -2.89. The predicted octanol–water partition coefficient (Wildman–Crippen LogP) is 3.80. The molecule has 1 aliphatic heterocycles. The maximum absolute atomic E-state index is 13.1. The van der Waals surface area contributed by atoms with Crippen molar-refractivity contribution in [3.8, 4) is 11.4 Å². The smallest absolute Gasteiger partial charge is 0.243 e. The van der Waals surface area contributed by atoms with Gasteiger partial charge < -0.3 is 10.1 Å². The van der Waals surface area contributed by atoms with Gasteiger partial charge in [-0.05, 0) is 56.5 Å². The van der Waals surface area contributed by atoms with Gasteiger partial charge in [-0.15, -0.1) is 10.2 Å². The van der Waals surface area contributed by atoms with Gasteiger partial charge >= 0.3 is 0 Å². The number of hydrogen-bond acceptors (Lipinski definition) is 7. The lowest BCUT2D eigenvalue weighted by molar-refractivity contribution is -0.113. The van der Waals surface area contributed by atoms with Gasteiger partial charge in [0.15, 0.2) is 5.16 Å². The number of para-hydroxylation sites is 2. The van der Waals surface area contributed by atoms with Crippen molar-refractivity contribution in [3.63, 3.8) is 0 Å². The summed E-state index contributed by atoms with van der Waals surface area (Å²) >= 11 is 1.24. The van der Waals surface area contributed by atoms with E-state index in [4.69, 9.17) is 4.74 Å². The van der Waals surface area contributed by atoms with Crippen LogP contribution >= 0.6 is 11.8 Å². The molecular weight excluding hydrogens is 486 g/mol. The maximum atomic E-state index is 13.1. The molecule has 2 heterocycles. The Morgan fingerprint density at radius 2 is 1.83 bits per heavy atom. The second kappa shape index (κ2) is 10.8. The van der Waals surface area contributed by atoms with Gasteiger partial charge in [0.05, 0.1) is 23.4 Å². The summed E-state index contributed by atoms with van der Waals surface area (Å²) in [4.78, 5) is 13.0. The molecule has 0 bridgehead atoms. The summed E-state index contributed by atoms with van der Waals surface area (Å²) in [6.45, 7) is 4.73. The van der Waals surface area contributed by atoms with Crippen molar-refractivity contribution in [2.24, 2.45) is 0 Å². The number of carbonyl (C=O) groups is 1. The fraction of sp³-hybridized carbons (Fsp3) is 0.375. The topological polar surface area (TPSA) is 106 Å². The third-order valence-electron chi connectivity index (χ3n) is 5.89. The summed E-state index contributed by atoms with van der Waals surface area (Å²) in [7, 11) is -1.99. The number of carbonyl (C=O) groups excluding carboxylic acids is 1. The second-order valence-electron chi connectivity index (χ2n) is 8.32. The zero-order chi connectivity index (χ0) is 25.0. The molecule has 3 aromatic rings. The van der Waals surface area contributed by atoms with Crippen LogP contribution < -0.4 is 10.1 Å². The highest BCUT2D eigenvalue weighted by Gasteiger charge is 2.26. The SMILES string of the molecule is COc1ccccc1-n1c(C)nnc1SCC(=O)Nc1cc(S(=O)(=O)N2CCCCC2)ccc1C. The lowest BCUT2D eigenvalue weighted by atomic mass is 10.2. The number of rotatable bonds is 8. The normalized spacial score (nSPS) is 14.6. The van der Waals surface area contributed by atoms with Crippen LogP contribution in [0.3, 0.4) is 0 Å². The molecule has 1 N–H and O–H groups in total. The monoisotopic (exact) mass is 515 g/mol. The Morgan fingerprint density at radius 3 is 2.57 bits per heavy atom. The number of ether oxygens (including phenoxy) is 1. The number of nitrogens with zero attached hydrogens (tertiary/aromatic N) is 4. The first-order valence-electron chi connectivity index (χ1n) is 11.4. The highest BCUT2D eigenvalue weighted by molar-refractivity contribution is 7.99. The molecule has 0 aliphatic carbocycles. The fourth-order valence-corrected chi connectivity index (χ4v) is 6.33. The first-order chi connectivity index (χ1) is 16.8. The number of hydrogen-bond donors (Lipinski definition) is 1. The quantitative estimate of drug-likeness (QED) is 0.455. The highest BCUT2D eigenvalue weighted by atomic mass is 32.2. The second-order valence-corrected chi connectivity index (χ2v) is 11.2. The van der Waals surface area contributed by atoms with Crippen molar-refractivity contribution in [1.29, 1.82) is 0 Å². The van der Waals surface area contributed by atoms with E-state index >= 15 is 0 Å². The van der Waals surface area contributed by atoms with Gasteiger partial charge in [-0.3, -0.25) is 9.36 Å². The van der Waals surface area contributed by atoms with E-state index in [0.717, 1.165) is 30.5 Å². The van der Waals surface area contributed by atoms with Crippen molar-refractivity contribution in [2.45, 2.75) is 43.2 Å². The van der Waals surface area contributed by atoms with Crippen molar-refractivity contribution >= 4 is 33.4 Å². The summed E-state index contributed by atoms with van der Waals surface area (Å²) in [5, 5.41) is 11.8. The van der Waals surface area contributed by atoms with Crippen LogP contribution in [-0.4, -0.2) is 59.3 Å². The Bertz CT molecular complexity index is 1320. The zero-order valence-electron chi connectivity index (χ0n) is 20.0. The van der Waals surface area contributed by atoms with Crippen molar-refractivity contribution in [2.75, 3.05) is 31.3 Å². The minimum Gasteiger partial charge on any atom is -0.495 e. The van der Waals surface area contributed by atoms with Gasteiger partial charge in [0.2, 0.25) is 15.9 Å². The van der Waals surface area contributed by atoms with Gasteiger partial charge in [-0.1, -0.05) is 36.4 Å². The number of amides is 1. The fourth-order valence-electron chi connectivity index (χ4n) is 4.00. The summed E-state index contributed by atoms with van der Waals surface area (Å²) in [6, 6.07) is 12.4. The summed E-state index contributed by atoms with van der Waals surface area (Å²) < 4.78 is 34.9. The molecule has 0 atom stereocenters. The standard InChI is InChI=1S/C24H29N5O4S2/c1-17-11-12-19(35(31,32)28-13-7-4-8-14-28)15-20(17)25-23(30)16-34-24-27-26-18(2)29(24)21-9-5-6-10-22(21)33-3/h5-6,9-12,15H,4,7-8,13-14,16H2,1-3H3,(H,25,30). The number of sulfonamides is 1. The number of methoxy groups -OCH3 is 1. The van der Waals surface area contributed by atoms with Crippen LogP contribution in [0.1, 0.15) is 30.7 Å². The summed E-state index contributed by atoms with van der Waals surface area (Å²) in [5.74, 6) is 1.15. The lowest BCUT2D eigenvalue weighted by Crippen LogP contribution is -2.35. The number of nitrogens with one attached hydrogen (secondary N) is 1. The maximum Gasteiger partial charge on any atom is 0.243 e. The van der Waals surface area contributed by atoms with E-state index in [9.17, 15) is 13.2 Å². The van der Waals surface area contributed by atoms with E-state index in [1.165, 1.54) is 16.1 Å². The number of thioether (sulfide) groups is 1. The Kier molecular flexibility index (Phi) is 7.78. The van der Waals surface area contributed by atoms with Crippen molar-refractivity contribution in [1.82, 2.24) is 19.1 Å². The van der Waals surface area contributed by atoms with Gasteiger partial charge in [-0.2, -0.15) is 4.31 Å². The van der Waals surface area contributed by atoms with Crippen LogP contribution in [0.15, 0.2) is 52.5 Å². The molecule has 0 saturated carbocycles. The number of anilines is 1. The van der Waals surface area contributed by atoms with Crippen LogP contribution in [0.25, 0.3) is 5.69 Å². The Morgan fingerprint density at radius 1 is 1.09 bits per heavy atom. The highest BCUT2D eigenvalue weighted by Crippen LogP contribution is 2.29. The zero-order valence-corrected chi connectivity index (χ0v) is 21.7. The molecule has 2 aromatic carbocycles. The third-order valence-corrected chi connectivity index (χ3v) is 8.71. The average Bonchev–Trinajstić information content (AvgIpc) is 3.24. The van der Waals surface area contributed by atoms with Gasteiger partial charge in [0.25, 0.3) is 0 Å². The van der Waals surface area contributed by atoms with Gasteiger partial charge in [0, 0.05) is 18.8 Å². The Balaban J connectivity index is 1.48. The van der Waals surface area contributed by atoms with E-state index in [1.807, 2.05) is 42.7 Å². The molecule has 0 unspecified atom stereocenters. The van der Waals surface area contributed by atoms with Crippen LogP contribution in [0.4, 0.5) is 5.69 Å². The van der Waals surface area contributed by atoms with Gasteiger partial charge in [-0.25, -0.2) is 8.42 Å². The molecule has 1 aromatic heterocycles.